The van der Waals surface area contributed by atoms with Gasteiger partial charge in [-0.1, -0.05) is 58.4 Å². The Bertz CT molecular complexity index is 897. The molecule has 0 unspecified atom stereocenters. The van der Waals surface area contributed by atoms with E-state index in [0.717, 1.165) is 24.2 Å². The topological polar surface area (TPSA) is 26.3 Å². The van der Waals surface area contributed by atoms with Crippen LogP contribution in [0.5, 0.6) is 0 Å². The SMILES string of the molecule is C=C(C)[C@@H]1CCC=C2CC[C@]3(C)[C@H](CC[C@@H]4[C@@]5(C)CC[C@H](OC(C)=O)C(C)(C)[C@H]5CC[C@]43C)[C@H]21. The summed E-state index contributed by atoms with van der Waals surface area (Å²) in [5.74, 6) is 3.53. The zero-order valence-corrected chi connectivity index (χ0v) is 23.1. The number of allylic oxidation sites excluding steroid dienone is 3. The lowest BCUT2D eigenvalue weighted by Gasteiger charge is -2.72. The Balaban J connectivity index is 1.50. The van der Waals surface area contributed by atoms with Crippen LogP contribution in [0.15, 0.2) is 23.8 Å². The molecule has 0 radical (unpaired) electrons. The zero-order valence-electron chi connectivity index (χ0n) is 23.1. The van der Waals surface area contributed by atoms with Gasteiger partial charge in [-0.25, -0.2) is 0 Å². The van der Waals surface area contributed by atoms with Gasteiger partial charge in [0.1, 0.15) is 6.10 Å². The molecule has 0 bridgehead atoms. The van der Waals surface area contributed by atoms with Gasteiger partial charge in [0.2, 0.25) is 0 Å². The van der Waals surface area contributed by atoms with Crippen LogP contribution < -0.4 is 0 Å². The molecule has 0 N–H and O–H groups in total. The number of esters is 1. The lowest BCUT2D eigenvalue weighted by atomic mass is 9.33. The van der Waals surface area contributed by atoms with Gasteiger partial charge >= 0.3 is 5.97 Å². The molecule has 0 heterocycles. The van der Waals surface area contributed by atoms with Crippen LogP contribution in [0.4, 0.5) is 0 Å². The van der Waals surface area contributed by atoms with E-state index < -0.39 is 0 Å². The minimum atomic E-state index is -0.110. The highest BCUT2D eigenvalue weighted by molar-refractivity contribution is 5.66. The number of rotatable bonds is 2. The lowest BCUT2D eigenvalue weighted by Crippen LogP contribution is -2.66. The first-order valence-corrected chi connectivity index (χ1v) is 14.4. The summed E-state index contributed by atoms with van der Waals surface area (Å²) in [7, 11) is 0. The van der Waals surface area contributed by atoms with Crippen molar-refractivity contribution in [1.82, 2.24) is 0 Å². The monoisotopic (exact) mass is 466 g/mol. The van der Waals surface area contributed by atoms with E-state index in [1.54, 1.807) is 12.5 Å². The fourth-order valence-corrected chi connectivity index (χ4v) is 11.2. The molecule has 0 aliphatic heterocycles. The maximum atomic E-state index is 11.9. The van der Waals surface area contributed by atoms with Gasteiger partial charge in [-0.2, -0.15) is 0 Å². The van der Waals surface area contributed by atoms with E-state index in [1.807, 2.05) is 0 Å². The van der Waals surface area contributed by atoms with E-state index in [1.165, 1.54) is 63.4 Å². The van der Waals surface area contributed by atoms with Crippen LogP contribution >= 0.6 is 0 Å². The summed E-state index contributed by atoms with van der Waals surface area (Å²) in [5, 5.41) is 0. The van der Waals surface area contributed by atoms with Crippen molar-refractivity contribution < 1.29 is 9.53 Å². The highest BCUT2D eigenvalue weighted by Crippen LogP contribution is 2.75. The summed E-state index contributed by atoms with van der Waals surface area (Å²) >= 11 is 0. The fourth-order valence-electron chi connectivity index (χ4n) is 11.2. The Morgan fingerprint density at radius 3 is 2.32 bits per heavy atom. The van der Waals surface area contributed by atoms with Gasteiger partial charge in [0.15, 0.2) is 0 Å². The maximum absolute atomic E-state index is 11.9. The molecule has 5 aliphatic rings. The summed E-state index contributed by atoms with van der Waals surface area (Å²) in [4.78, 5) is 11.9. The molecule has 4 fully saturated rings. The van der Waals surface area contributed by atoms with E-state index in [0.29, 0.717) is 28.1 Å². The molecule has 5 aliphatic carbocycles. The summed E-state index contributed by atoms with van der Waals surface area (Å²) in [6.45, 7) is 21.2. The molecule has 0 amide bonds. The third-order valence-corrected chi connectivity index (χ3v) is 12.9. The predicted octanol–water partition coefficient (Wildman–Crippen LogP) is 8.52. The van der Waals surface area contributed by atoms with E-state index >= 15 is 0 Å². The van der Waals surface area contributed by atoms with Crippen LogP contribution in [0.25, 0.3) is 0 Å². The molecule has 9 atom stereocenters. The molecule has 34 heavy (non-hydrogen) atoms. The number of carbonyl (C=O) groups is 1. The average Bonchev–Trinajstić information content (AvgIpc) is 2.75. The highest BCUT2D eigenvalue weighted by atomic mass is 16.5. The van der Waals surface area contributed by atoms with Crippen molar-refractivity contribution in [2.24, 2.45) is 51.2 Å². The van der Waals surface area contributed by atoms with Crippen molar-refractivity contribution in [1.29, 1.82) is 0 Å². The van der Waals surface area contributed by atoms with Gasteiger partial charge < -0.3 is 4.74 Å². The number of hydrogen-bond donors (Lipinski definition) is 0. The molecule has 2 heteroatoms. The van der Waals surface area contributed by atoms with Gasteiger partial charge in [0.25, 0.3) is 0 Å². The molecule has 190 valence electrons. The zero-order chi connectivity index (χ0) is 24.7. The van der Waals surface area contributed by atoms with E-state index in [-0.39, 0.29) is 17.5 Å². The van der Waals surface area contributed by atoms with Crippen molar-refractivity contribution >= 4 is 5.97 Å². The van der Waals surface area contributed by atoms with Crippen LogP contribution in [0.1, 0.15) is 113 Å². The van der Waals surface area contributed by atoms with Crippen molar-refractivity contribution in [3.63, 3.8) is 0 Å². The Hall–Kier alpha value is -1.05. The van der Waals surface area contributed by atoms with Crippen LogP contribution in [-0.4, -0.2) is 12.1 Å². The quantitative estimate of drug-likeness (QED) is 0.301. The first-order valence-electron chi connectivity index (χ1n) is 14.4. The molecule has 0 aromatic rings. The highest BCUT2D eigenvalue weighted by Gasteiger charge is 2.68. The Morgan fingerprint density at radius 2 is 1.65 bits per heavy atom. The average molecular weight is 467 g/mol. The second-order valence-electron chi connectivity index (χ2n) is 14.5. The molecule has 0 spiro atoms. The Labute approximate surface area is 209 Å². The molecule has 0 aromatic heterocycles. The van der Waals surface area contributed by atoms with Crippen molar-refractivity contribution in [2.75, 3.05) is 0 Å². The smallest absolute Gasteiger partial charge is 0.302 e. The first-order chi connectivity index (χ1) is 15.9. The molecular formula is C32H50O2. The predicted molar refractivity (Wildman–Crippen MR) is 140 cm³/mol. The van der Waals surface area contributed by atoms with Gasteiger partial charge in [0.05, 0.1) is 0 Å². The van der Waals surface area contributed by atoms with Crippen LogP contribution in [0, 0.1) is 51.2 Å². The normalized spacial score (nSPS) is 49.4. The summed E-state index contributed by atoms with van der Waals surface area (Å²) in [5.41, 5.74) is 4.41. The number of fused-ring (bicyclic) bond motifs is 7. The number of hydrogen-bond acceptors (Lipinski definition) is 2. The molecule has 0 aromatic carbocycles. The second kappa shape index (κ2) is 7.97. The van der Waals surface area contributed by atoms with E-state index in [9.17, 15) is 4.79 Å². The summed E-state index contributed by atoms with van der Waals surface area (Å²) in [6, 6.07) is 0. The molecule has 0 saturated heterocycles. The lowest BCUT2D eigenvalue weighted by molar-refractivity contribution is -0.238. The van der Waals surface area contributed by atoms with Gasteiger partial charge in [-0.15, -0.1) is 0 Å². The van der Waals surface area contributed by atoms with Gasteiger partial charge in [-0.3, -0.25) is 4.79 Å². The maximum Gasteiger partial charge on any atom is 0.302 e. The fraction of sp³-hybridized carbons (Fsp3) is 0.844. The molecule has 5 rings (SSSR count). The Kier molecular flexibility index (Phi) is 5.78. The van der Waals surface area contributed by atoms with Crippen LogP contribution in [0.3, 0.4) is 0 Å². The molecular weight excluding hydrogens is 416 g/mol. The van der Waals surface area contributed by atoms with Crippen molar-refractivity contribution in [3.8, 4) is 0 Å². The number of ether oxygens (including phenoxy) is 1. The first kappa shape index (κ1) is 24.6. The third-order valence-electron chi connectivity index (χ3n) is 12.9. The van der Waals surface area contributed by atoms with E-state index in [2.05, 4.69) is 54.2 Å². The summed E-state index contributed by atoms with van der Waals surface area (Å²) in [6.07, 6.45) is 15.6. The minimum absolute atomic E-state index is 0.0502. The van der Waals surface area contributed by atoms with Crippen molar-refractivity contribution in [2.45, 2.75) is 119 Å². The second-order valence-corrected chi connectivity index (χ2v) is 14.5. The van der Waals surface area contributed by atoms with Crippen LogP contribution in [-0.2, 0) is 9.53 Å². The molecule has 4 saturated carbocycles. The van der Waals surface area contributed by atoms with Crippen molar-refractivity contribution in [3.05, 3.63) is 23.8 Å². The van der Waals surface area contributed by atoms with Gasteiger partial charge in [0, 0.05) is 12.3 Å². The number of carbonyl (C=O) groups excluding carboxylic acids is 1. The van der Waals surface area contributed by atoms with E-state index in [4.69, 9.17) is 4.74 Å². The van der Waals surface area contributed by atoms with Gasteiger partial charge in [-0.05, 0) is 117 Å². The third kappa shape index (κ3) is 3.21. The van der Waals surface area contributed by atoms with Crippen LogP contribution in [0.2, 0.25) is 0 Å². The largest absolute Gasteiger partial charge is 0.462 e. The summed E-state index contributed by atoms with van der Waals surface area (Å²) < 4.78 is 5.91. The minimum Gasteiger partial charge on any atom is -0.462 e. The Morgan fingerprint density at radius 1 is 0.912 bits per heavy atom. The molecule has 2 nitrogen and oxygen atoms in total. The standard InChI is InChI=1S/C32H50O2/c1-20(2)23-11-9-10-22-14-18-31(7)24(28(22)23)12-13-26-30(6)17-16-27(34-21(3)33)29(4,5)25(30)15-19-32(26,31)8/h10,23-28H,1,9,11-19H2,2-8H3/t23-,24+,25+,26+,27-,28+,30-,31+,32+/m0/s1.